The third kappa shape index (κ3) is 2.22. The molecule has 1 aromatic heterocycles. The zero-order chi connectivity index (χ0) is 12.5. The molecule has 1 aromatic rings. The van der Waals surface area contributed by atoms with Gasteiger partial charge in [-0.3, -0.25) is 0 Å². The van der Waals surface area contributed by atoms with Gasteiger partial charge in [0.15, 0.2) is 0 Å². The summed E-state index contributed by atoms with van der Waals surface area (Å²) in [6.07, 6.45) is 4.12. The van der Waals surface area contributed by atoms with Crippen LogP contribution < -0.4 is 10.6 Å². The topological polar surface area (TPSA) is 72.2 Å². The fourth-order valence-corrected chi connectivity index (χ4v) is 2.81. The van der Waals surface area contributed by atoms with Crippen LogP contribution in [0, 0.1) is 0 Å². The molecule has 3 rings (SSSR count). The molecule has 0 saturated carbocycles. The molecule has 4 atom stereocenters. The minimum absolute atomic E-state index is 0.0920. The monoisotopic (exact) mass is 252 g/mol. The highest BCUT2D eigenvalue weighted by molar-refractivity contribution is 5.23. The van der Waals surface area contributed by atoms with Crippen LogP contribution in [0.4, 0.5) is 6.01 Å². The third-order valence-electron chi connectivity index (χ3n) is 3.74. The molecule has 0 aliphatic carbocycles. The quantitative estimate of drug-likeness (QED) is 0.827. The van der Waals surface area contributed by atoms with Crippen LogP contribution in [0.3, 0.4) is 0 Å². The zero-order valence-corrected chi connectivity index (χ0v) is 10.8. The van der Waals surface area contributed by atoms with Crippen molar-refractivity contribution in [3.63, 3.8) is 0 Å². The molecule has 6 heteroatoms. The first-order chi connectivity index (χ1) is 8.76. The van der Waals surface area contributed by atoms with Crippen LogP contribution in [0.2, 0.25) is 0 Å². The highest BCUT2D eigenvalue weighted by Crippen LogP contribution is 2.35. The first-order valence-electron chi connectivity index (χ1n) is 6.75. The van der Waals surface area contributed by atoms with Gasteiger partial charge in [0.1, 0.15) is 0 Å². The van der Waals surface area contributed by atoms with Crippen molar-refractivity contribution < 1.29 is 9.15 Å². The van der Waals surface area contributed by atoms with E-state index in [1.54, 1.807) is 0 Å². The fraction of sp³-hybridized carbons (Fsp3) is 0.833. The second-order valence-corrected chi connectivity index (χ2v) is 5.09. The average Bonchev–Trinajstić information content (AvgIpc) is 3.04. The lowest BCUT2D eigenvalue weighted by Gasteiger charge is -2.18. The molecule has 4 unspecified atom stereocenters. The van der Waals surface area contributed by atoms with Crippen molar-refractivity contribution in [3.05, 3.63) is 5.89 Å². The standard InChI is InChI=1S/C12H20N4O2/c1-3-13-7(2)11-15-16-12(18-11)14-9-6-8-4-5-10(9)17-8/h7-10,13H,3-6H2,1-2H3,(H,14,16). The summed E-state index contributed by atoms with van der Waals surface area (Å²) in [4.78, 5) is 0. The predicted molar refractivity (Wildman–Crippen MR) is 66.3 cm³/mol. The zero-order valence-electron chi connectivity index (χ0n) is 10.8. The number of hydrogen-bond acceptors (Lipinski definition) is 6. The van der Waals surface area contributed by atoms with Crippen LogP contribution in [0.1, 0.15) is 45.0 Å². The van der Waals surface area contributed by atoms with Gasteiger partial charge in [-0.15, -0.1) is 5.10 Å². The Morgan fingerprint density at radius 2 is 2.28 bits per heavy atom. The summed E-state index contributed by atoms with van der Waals surface area (Å²) < 4.78 is 11.4. The van der Waals surface area contributed by atoms with E-state index in [1.165, 1.54) is 6.42 Å². The maximum Gasteiger partial charge on any atom is 0.315 e. The molecular formula is C12H20N4O2. The molecule has 0 spiro atoms. The van der Waals surface area contributed by atoms with E-state index in [1.807, 2.05) is 6.92 Å². The number of ether oxygens (including phenoxy) is 1. The summed E-state index contributed by atoms with van der Waals surface area (Å²) in [5, 5.41) is 14.6. The molecule has 2 fully saturated rings. The van der Waals surface area contributed by atoms with Gasteiger partial charge >= 0.3 is 6.01 Å². The van der Waals surface area contributed by atoms with E-state index in [4.69, 9.17) is 9.15 Å². The first-order valence-corrected chi connectivity index (χ1v) is 6.75. The van der Waals surface area contributed by atoms with Gasteiger partial charge in [0, 0.05) is 0 Å². The van der Waals surface area contributed by atoms with Gasteiger partial charge in [-0.2, -0.15) is 0 Å². The number of aromatic nitrogens is 2. The van der Waals surface area contributed by atoms with E-state index in [-0.39, 0.29) is 6.04 Å². The van der Waals surface area contributed by atoms with Crippen molar-refractivity contribution in [3.8, 4) is 0 Å². The van der Waals surface area contributed by atoms with Crippen molar-refractivity contribution in [2.45, 2.75) is 57.4 Å². The summed E-state index contributed by atoms with van der Waals surface area (Å²) in [6.45, 7) is 4.95. The third-order valence-corrected chi connectivity index (χ3v) is 3.74. The van der Waals surface area contributed by atoms with Crippen LogP contribution in [0.15, 0.2) is 4.42 Å². The van der Waals surface area contributed by atoms with Gasteiger partial charge in [0.2, 0.25) is 5.89 Å². The van der Waals surface area contributed by atoms with Gasteiger partial charge in [0.05, 0.1) is 24.3 Å². The number of anilines is 1. The molecule has 2 aliphatic heterocycles. The smallest absolute Gasteiger partial charge is 0.315 e. The van der Waals surface area contributed by atoms with Crippen LogP contribution in [-0.4, -0.2) is 35.0 Å². The number of fused-ring (bicyclic) bond motifs is 2. The Morgan fingerprint density at radius 1 is 1.39 bits per heavy atom. The van der Waals surface area contributed by atoms with Gasteiger partial charge in [-0.05, 0) is 32.7 Å². The number of nitrogens with zero attached hydrogens (tertiary/aromatic N) is 2. The summed E-state index contributed by atoms with van der Waals surface area (Å²) in [6, 6.07) is 0.928. The molecule has 100 valence electrons. The van der Waals surface area contributed by atoms with Crippen molar-refractivity contribution in [1.29, 1.82) is 0 Å². The average molecular weight is 252 g/mol. The predicted octanol–water partition coefficient (Wildman–Crippen LogP) is 1.47. The molecule has 0 aromatic carbocycles. The van der Waals surface area contributed by atoms with Crippen molar-refractivity contribution in [2.75, 3.05) is 11.9 Å². The lowest BCUT2D eigenvalue weighted by Crippen LogP contribution is -2.30. The maximum atomic E-state index is 5.79. The SMILES string of the molecule is CCNC(C)c1nnc(NC2CC3CCC2O3)o1. The highest BCUT2D eigenvalue weighted by atomic mass is 16.5. The number of nitrogens with one attached hydrogen (secondary N) is 2. The van der Waals surface area contributed by atoms with Gasteiger partial charge in [-0.1, -0.05) is 12.0 Å². The molecule has 2 N–H and O–H groups in total. The summed E-state index contributed by atoms with van der Waals surface area (Å²) in [5.74, 6) is 0.628. The van der Waals surface area contributed by atoms with Gasteiger partial charge in [0.25, 0.3) is 0 Å². The Bertz CT molecular complexity index is 409. The van der Waals surface area contributed by atoms with Crippen LogP contribution in [0.5, 0.6) is 0 Å². The van der Waals surface area contributed by atoms with E-state index >= 15 is 0 Å². The molecular weight excluding hydrogens is 232 g/mol. The van der Waals surface area contributed by atoms with Crippen molar-refractivity contribution in [1.82, 2.24) is 15.5 Å². The largest absolute Gasteiger partial charge is 0.406 e. The van der Waals surface area contributed by atoms with Crippen molar-refractivity contribution in [2.24, 2.45) is 0 Å². The molecule has 0 amide bonds. The van der Waals surface area contributed by atoms with E-state index < -0.39 is 0 Å². The summed E-state index contributed by atoms with van der Waals surface area (Å²) in [5.41, 5.74) is 0. The Hall–Kier alpha value is -1.14. The Balaban J connectivity index is 1.60. The second kappa shape index (κ2) is 4.85. The lowest BCUT2D eigenvalue weighted by molar-refractivity contribution is 0.102. The summed E-state index contributed by atoms with van der Waals surface area (Å²) >= 11 is 0. The second-order valence-electron chi connectivity index (χ2n) is 5.09. The molecule has 3 heterocycles. The van der Waals surface area contributed by atoms with E-state index in [0.717, 1.165) is 19.4 Å². The van der Waals surface area contributed by atoms with Crippen LogP contribution in [0.25, 0.3) is 0 Å². The minimum atomic E-state index is 0.0920. The van der Waals surface area contributed by atoms with E-state index in [9.17, 15) is 0 Å². The molecule has 2 bridgehead atoms. The fourth-order valence-electron chi connectivity index (χ4n) is 2.81. The number of hydrogen-bond donors (Lipinski definition) is 2. The first kappa shape index (κ1) is 11.9. The molecule has 2 saturated heterocycles. The van der Waals surface area contributed by atoms with E-state index in [2.05, 4.69) is 27.8 Å². The minimum Gasteiger partial charge on any atom is -0.406 e. The normalized spacial score (nSPS) is 31.8. The summed E-state index contributed by atoms with van der Waals surface area (Å²) in [7, 11) is 0. The molecule has 0 radical (unpaired) electrons. The molecule has 6 nitrogen and oxygen atoms in total. The van der Waals surface area contributed by atoms with Gasteiger partial charge < -0.3 is 19.8 Å². The van der Waals surface area contributed by atoms with Crippen LogP contribution in [-0.2, 0) is 4.74 Å². The Morgan fingerprint density at radius 3 is 2.94 bits per heavy atom. The lowest BCUT2D eigenvalue weighted by atomic mass is 9.96. The maximum absolute atomic E-state index is 5.79. The highest BCUT2D eigenvalue weighted by Gasteiger charge is 2.41. The molecule has 2 aliphatic rings. The van der Waals surface area contributed by atoms with Crippen molar-refractivity contribution >= 4 is 6.01 Å². The Kier molecular flexibility index (Phi) is 3.22. The number of rotatable bonds is 5. The van der Waals surface area contributed by atoms with Gasteiger partial charge in [-0.25, -0.2) is 0 Å². The van der Waals surface area contributed by atoms with E-state index in [0.29, 0.717) is 30.2 Å². The van der Waals surface area contributed by atoms with Crippen LogP contribution >= 0.6 is 0 Å². The Labute approximate surface area is 106 Å². The molecule has 18 heavy (non-hydrogen) atoms.